The van der Waals surface area contributed by atoms with Gasteiger partial charge in [0.1, 0.15) is 28.2 Å². The van der Waals surface area contributed by atoms with Gasteiger partial charge in [0, 0.05) is 70.6 Å². The highest BCUT2D eigenvalue weighted by atomic mass is 16.3. The van der Waals surface area contributed by atoms with Crippen molar-refractivity contribution >= 4 is 153 Å². The van der Waals surface area contributed by atoms with Crippen LogP contribution in [0.5, 0.6) is 0 Å². The quantitative estimate of drug-likeness (QED) is 0.163. The minimum atomic E-state index is -0.198. The van der Waals surface area contributed by atoms with E-state index >= 15 is 0 Å². The van der Waals surface area contributed by atoms with Crippen molar-refractivity contribution in [2.45, 2.75) is 38.5 Å². The summed E-state index contributed by atoms with van der Waals surface area (Å²) in [6.07, 6.45) is 0. The molecule has 0 radical (unpaired) electrons. The van der Waals surface area contributed by atoms with E-state index in [-0.39, 0.29) is 10.8 Å². The molecule has 5 aliphatic carbocycles. The van der Waals surface area contributed by atoms with Crippen molar-refractivity contribution in [3.63, 3.8) is 0 Å². The second-order valence-electron chi connectivity index (χ2n) is 39.6. The van der Waals surface area contributed by atoms with E-state index in [0.29, 0.717) is 0 Å². The molecule has 0 fully saturated rings. The van der Waals surface area contributed by atoms with Gasteiger partial charge in [-0.15, -0.1) is 0 Å². The maximum atomic E-state index is 6.34. The fourth-order valence-electron chi connectivity index (χ4n) is 25.4. The Hall–Kier alpha value is -18.4. The van der Waals surface area contributed by atoms with Gasteiger partial charge in [0.2, 0.25) is 0 Å². The lowest BCUT2D eigenvalue weighted by molar-refractivity contribution is 0.660. The van der Waals surface area contributed by atoms with Crippen molar-refractivity contribution in [1.29, 1.82) is 0 Å². The third-order valence-electron chi connectivity index (χ3n) is 31.6. The first-order chi connectivity index (χ1) is 70.0. The lowest BCUT2D eigenvalue weighted by Gasteiger charge is -2.25. The summed E-state index contributed by atoms with van der Waals surface area (Å²) in [6.45, 7) is 9.36. The van der Waals surface area contributed by atoms with Crippen molar-refractivity contribution in [3.8, 4) is 140 Å². The summed E-state index contributed by atoms with van der Waals surface area (Å²) in [5.41, 5.74) is 44.9. The van der Waals surface area contributed by atoms with Crippen molar-refractivity contribution in [2.24, 2.45) is 0 Å². The molecular weight excluding hydrogens is 1730 g/mol. The number of furan rings is 1. The molecule has 0 saturated heterocycles. The molecule has 10 nitrogen and oxygen atoms in total. The number of hydrogen-bond donors (Lipinski definition) is 0. The first-order valence-corrected chi connectivity index (χ1v) is 49.0. The SMILES string of the molecule is CC1(C)c2ccccc2-c2ccc(-c3nc4ccccc4nc3-n3c4cccc5c4c4c6c(cccc6ccc43)-c3ccccc3-5)cc21.CC1(C)c2ccccc2-c2cccc(-c3nc4ccccc4nc3-n3c4cccc5c4c4c6c(cccc6ccc43)-c3ccccc3-5)c21.c1ccc2c(c1)-c1cccc3ccc4c(c13)c1c-2cccc1n4-c1nc2ccccc2nc1-c1ccc2c(c1)oc1ccccc12. The van der Waals surface area contributed by atoms with E-state index < -0.39 is 0 Å². The van der Waals surface area contributed by atoms with Gasteiger partial charge in [-0.25, -0.2) is 29.9 Å². The largest absolute Gasteiger partial charge is 0.456 e. The van der Waals surface area contributed by atoms with E-state index in [1.165, 1.54) is 176 Å². The maximum Gasteiger partial charge on any atom is 0.165 e. The number of rotatable bonds is 6. The Kier molecular flexibility index (Phi) is 16.1. The first-order valence-electron chi connectivity index (χ1n) is 49.0. The maximum absolute atomic E-state index is 6.34. The summed E-state index contributed by atoms with van der Waals surface area (Å²) in [5.74, 6) is 2.51. The molecule has 21 aromatic carbocycles. The highest BCUT2D eigenvalue weighted by molar-refractivity contribution is 6.34. The van der Waals surface area contributed by atoms with Crippen LogP contribution >= 0.6 is 0 Å². The van der Waals surface area contributed by atoms with Gasteiger partial charge in [0.15, 0.2) is 17.5 Å². The smallest absolute Gasteiger partial charge is 0.165 e. The molecule has 0 N–H and O–H groups in total. The number of nitrogens with zero attached hydrogens (tertiary/aromatic N) is 9. The van der Waals surface area contributed by atoms with E-state index in [1.807, 2.05) is 42.5 Å². The zero-order chi connectivity index (χ0) is 93.4. The van der Waals surface area contributed by atoms with Crippen LogP contribution in [0.3, 0.4) is 0 Å². The molecule has 0 saturated carbocycles. The van der Waals surface area contributed by atoms with Gasteiger partial charge >= 0.3 is 0 Å². The highest BCUT2D eigenvalue weighted by Gasteiger charge is 2.41. The van der Waals surface area contributed by atoms with Crippen LogP contribution in [0.2, 0.25) is 0 Å². The van der Waals surface area contributed by atoms with E-state index in [0.717, 1.165) is 139 Å². The van der Waals surface area contributed by atoms with E-state index in [9.17, 15) is 0 Å². The zero-order valence-corrected chi connectivity index (χ0v) is 77.8. The van der Waals surface area contributed by atoms with Crippen molar-refractivity contribution in [3.05, 3.63) is 441 Å². The van der Waals surface area contributed by atoms with Crippen molar-refractivity contribution in [1.82, 2.24) is 43.6 Å². The zero-order valence-electron chi connectivity index (χ0n) is 77.8. The van der Waals surface area contributed by atoms with E-state index in [1.54, 1.807) is 0 Å². The van der Waals surface area contributed by atoms with Crippen LogP contribution in [0.4, 0.5) is 0 Å². The number of hydrogen-bond acceptors (Lipinski definition) is 7. The van der Waals surface area contributed by atoms with Gasteiger partial charge in [-0.3, -0.25) is 13.7 Å². The molecule has 142 heavy (non-hydrogen) atoms. The lowest BCUT2D eigenvalue weighted by atomic mass is 9.79. The Balaban J connectivity index is 0.0000000977. The Morgan fingerprint density at radius 1 is 0.190 bits per heavy atom. The number of fused-ring (bicyclic) bond motifs is 21. The molecule has 10 heteroatoms. The molecule has 0 atom stereocenters. The summed E-state index contributed by atoms with van der Waals surface area (Å²) < 4.78 is 13.4. The van der Waals surface area contributed by atoms with Crippen LogP contribution in [0, 0.1) is 0 Å². The van der Waals surface area contributed by atoms with Gasteiger partial charge in [-0.2, -0.15) is 0 Å². The van der Waals surface area contributed by atoms with Crippen LogP contribution in [0.15, 0.2) is 423 Å². The van der Waals surface area contributed by atoms with E-state index in [4.69, 9.17) is 34.3 Å². The Morgan fingerprint density at radius 2 is 0.493 bits per heavy atom. The number of aromatic nitrogens is 9. The highest BCUT2D eigenvalue weighted by Crippen LogP contribution is 2.59. The molecular formula is C132H81N9O. The summed E-state index contributed by atoms with van der Waals surface area (Å²) in [6, 6.07) is 151. The molecule has 0 amide bonds. The molecule has 0 bridgehead atoms. The second kappa shape index (κ2) is 29.1. The topological polar surface area (TPSA) is 105 Å². The minimum Gasteiger partial charge on any atom is -0.456 e. The lowest BCUT2D eigenvalue weighted by Crippen LogP contribution is -2.17. The standard InChI is InChI=1S/2C45H29N3.C42H23N3O/c1-45(2)34-20-6-5-15-29(34)32-18-10-19-33(42(32)45)43-44(47-36-22-8-7-21-35(36)46-43)48-37-23-11-17-31-28-14-4-3-13-27(28)30-16-9-12-26-24-25-38(48)41(39(26)30)40(31)37;1-45(2)34-17-6-5-14-30(34)31-23-21-27(25-35(31)45)43-44(47-37-19-8-7-18-36(37)46-43)48-38-20-10-16-33-29-13-4-3-12-28(29)32-15-9-11-26-22-24-39(48)42(40(26)32)41(33)38;1-2-11-27-26(10-1)30-13-7-9-24-20-22-35-40(38(24)30)39-31(27)14-8-17-34(39)45(35)42-41(43-32-15-4-5-16-33(32)44-42)25-19-21-29-28-12-3-6-18-36(28)46-37(29)23-25/h2*3-25H,1-2H3;1-23H. The molecule has 7 aromatic heterocycles. The van der Waals surface area contributed by atoms with Crippen molar-refractivity contribution in [2.75, 3.05) is 0 Å². The molecule has 0 aliphatic heterocycles. The summed E-state index contributed by atoms with van der Waals surface area (Å²) in [5, 5.41) is 17.4. The monoisotopic (exact) mass is 1810 g/mol. The van der Waals surface area contributed by atoms with Crippen LogP contribution < -0.4 is 0 Å². The molecule has 28 aromatic rings. The van der Waals surface area contributed by atoms with Crippen LogP contribution in [-0.4, -0.2) is 43.6 Å². The Bertz CT molecular complexity index is 10600. The fourth-order valence-corrected chi connectivity index (χ4v) is 25.4. The summed E-state index contributed by atoms with van der Waals surface area (Å²) in [4.78, 5) is 32.6. The minimum absolute atomic E-state index is 0.117. The van der Waals surface area contributed by atoms with Crippen molar-refractivity contribution < 1.29 is 4.42 Å². The van der Waals surface area contributed by atoms with Crippen LogP contribution in [-0.2, 0) is 10.8 Å². The third kappa shape index (κ3) is 10.9. The molecule has 5 aliphatic rings. The van der Waals surface area contributed by atoms with Gasteiger partial charge < -0.3 is 4.42 Å². The molecule has 0 unspecified atom stereocenters. The van der Waals surface area contributed by atoms with E-state index in [2.05, 4.69) is 418 Å². The first kappa shape index (κ1) is 78.8. The van der Waals surface area contributed by atoms with Crippen LogP contribution in [0.1, 0.15) is 49.9 Å². The van der Waals surface area contributed by atoms with Gasteiger partial charge in [-0.1, -0.05) is 349 Å². The predicted molar refractivity (Wildman–Crippen MR) is 586 cm³/mol. The van der Waals surface area contributed by atoms with Crippen LogP contribution in [0.25, 0.3) is 293 Å². The average molecular weight is 1810 g/mol. The second-order valence-corrected chi connectivity index (χ2v) is 39.6. The third-order valence-corrected chi connectivity index (χ3v) is 31.6. The average Bonchev–Trinajstić information content (AvgIpc) is 1.54. The molecule has 660 valence electrons. The fraction of sp³-hybridized carbons (Fsp3) is 0.0455. The normalized spacial score (nSPS) is 13.3. The van der Waals surface area contributed by atoms with Gasteiger partial charge in [0.25, 0.3) is 0 Å². The number of para-hydroxylation sites is 7. The molecule has 33 rings (SSSR count). The number of benzene rings is 21. The summed E-state index contributed by atoms with van der Waals surface area (Å²) >= 11 is 0. The predicted octanol–water partition coefficient (Wildman–Crippen LogP) is 34.1. The Labute approximate surface area is 814 Å². The molecule has 7 heterocycles. The van der Waals surface area contributed by atoms with Gasteiger partial charge in [0.05, 0.1) is 66.2 Å². The Morgan fingerprint density at radius 3 is 0.944 bits per heavy atom. The van der Waals surface area contributed by atoms with Gasteiger partial charge in [-0.05, 0) is 241 Å². The summed E-state index contributed by atoms with van der Waals surface area (Å²) in [7, 11) is 0. The molecule has 0 spiro atoms.